The maximum atomic E-state index is 10.8. The van der Waals surface area contributed by atoms with Crippen LogP contribution in [0, 0.1) is 0 Å². The van der Waals surface area contributed by atoms with E-state index < -0.39 is 10.0 Å². The Morgan fingerprint density at radius 1 is 1.18 bits per heavy atom. The van der Waals surface area contributed by atoms with Gasteiger partial charge in [-0.05, 0) is 6.92 Å². The van der Waals surface area contributed by atoms with Gasteiger partial charge in [-0.25, -0.2) is 23.1 Å². The van der Waals surface area contributed by atoms with Gasteiger partial charge in [-0.15, -0.1) is 0 Å². The normalized spacial score (nSPS) is 11.2. The first-order valence-electron chi connectivity index (χ1n) is 5.25. The average Bonchev–Trinajstić information content (AvgIpc) is 2.24. The molecule has 8 heteroatoms. The van der Waals surface area contributed by atoms with Crippen LogP contribution in [0.25, 0.3) is 0 Å². The van der Waals surface area contributed by atoms with Crippen molar-refractivity contribution in [1.82, 2.24) is 14.7 Å². The maximum absolute atomic E-state index is 10.8. The highest BCUT2D eigenvalue weighted by Gasteiger charge is 2.00. The van der Waals surface area contributed by atoms with Crippen molar-refractivity contribution in [1.29, 1.82) is 0 Å². The van der Waals surface area contributed by atoms with E-state index in [2.05, 4.69) is 25.3 Å². The molecule has 1 rings (SSSR count). The van der Waals surface area contributed by atoms with Gasteiger partial charge in [0.05, 0.1) is 6.26 Å². The lowest BCUT2D eigenvalue weighted by Crippen LogP contribution is -2.27. The Labute approximate surface area is 101 Å². The van der Waals surface area contributed by atoms with Gasteiger partial charge in [0.1, 0.15) is 18.0 Å². The minimum Gasteiger partial charge on any atom is -0.370 e. The summed E-state index contributed by atoms with van der Waals surface area (Å²) in [5.74, 6) is 1.40. The largest absolute Gasteiger partial charge is 0.370 e. The van der Waals surface area contributed by atoms with Gasteiger partial charge in [-0.1, -0.05) is 0 Å². The summed E-state index contributed by atoms with van der Waals surface area (Å²) in [5.41, 5.74) is 0. The van der Waals surface area contributed by atoms with Crippen LogP contribution < -0.4 is 15.4 Å². The average molecular weight is 259 g/mol. The fourth-order valence-electron chi connectivity index (χ4n) is 1.16. The van der Waals surface area contributed by atoms with Crippen LogP contribution in [0.4, 0.5) is 11.6 Å². The molecule has 7 nitrogen and oxygen atoms in total. The molecule has 0 fully saturated rings. The molecule has 0 aliphatic rings. The molecule has 1 heterocycles. The number of rotatable bonds is 7. The molecule has 17 heavy (non-hydrogen) atoms. The van der Waals surface area contributed by atoms with Crippen molar-refractivity contribution < 1.29 is 8.42 Å². The SMILES string of the molecule is CCNc1cc(NCCNS(C)(=O)=O)ncn1. The summed E-state index contributed by atoms with van der Waals surface area (Å²) in [7, 11) is -3.13. The highest BCUT2D eigenvalue weighted by Crippen LogP contribution is 2.07. The fraction of sp³-hybridized carbons (Fsp3) is 0.556. The van der Waals surface area contributed by atoms with Gasteiger partial charge < -0.3 is 10.6 Å². The van der Waals surface area contributed by atoms with E-state index in [1.165, 1.54) is 6.33 Å². The topological polar surface area (TPSA) is 96.0 Å². The number of nitrogens with zero attached hydrogens (tertiary/aromatic N) is 2. The second-order valence-corrected chi connectivity index (χ2v) is 5.25. The molecule has 0 aliphatic heterocycles. The first-order valence-corrected chi connectivity index (χ1v) is 7.15. The smallest absolute Gasteiger partial charge is 0.208 e. The zero-order valence-corrected chi connectivity index (χ0v) is 10.7. The second-order valence-electron chi connectivity index (χ2n) is 3.41. The molecular weight excluding hydrogens is 242 g/mol. The quantitative estimate of drug-likeness (QED) is 0.590. The molecule has 0 aliphatic carbocycles. The molecule has 0 bridgehead atoms. The summed E-state index contributed by atoms with van der Waals surface area (Å²) < 4.78 is 24.0. The standard InChI is InChI=1S/C9H17N5O2S/c1-3-10-8-6-9(13-7-12-8)11-4-5-14-17(2,15)16/h6-7,14H,3-5H2,1-2H3,(H2,10,11,12,13). The van der Waals surface area contributed by atoms with E-state index in [1.807, 2.05) is 6.92 Å². The summed E-state index contributed by atoms with van der Waals surface area (Å²) in [6, 6.07) is 1.77. The highest BCUT2D eigenvalue weighted by atomic mass is 32.2. The molecule has 0 saturated carbocycles. The number of sulfonamides is 1. The summed E-state index contributed by atoms with van der Waals surface area (Å²) in [6.07, 6.45) is 2.57. The Morgan fingerprint density at radius 2 is 1.82 bits per heavy atom. The third-order valence-corrected chi connectivity index (χ3v) is 2.55. The second kappa shape index (κ2) is 6.36. The number of aromatic nitrogens is 2. The minimum absolute atomic E-state index is 0.319. The first-order chi connectivity index (χ1) is 8.01. The van der Waals surface area contributed by atoms with Gasteiger partial charge in [0, 0.05) is 25.7 Å². The van der Waals surface area contributed by atoms with Crippen LogP contribution in [-0.2, 0) is 10.0 Å². The zero-order chi connectivity index (χ0) is 12.7. The Hall–Kier alpha value is -1.41. The monoisotopic (exact) mass is 259 g/mol. The predicted octanol–water partition coefficient (Wildman–Crippen LogP) is -0.130. The molecule has 0 radical (unpaired) electrons. The Morgan fingerprint density at radius 3 is 2.41 bits per heavy atom. The van der Waals surface area contributed by atoms with Crippen LogP contribution in [0.2, 0.25) is 0 Å². The minimum atomic E-state index is -3.13. The van der Waals surface area contributed by atoms with Crippen LogP contribution in [0.3, 0.4) is 0 Å². The van der Waals surface area contributed by atoms with Crippen LogP contribution in [0.1, 0.15) is 6.92 Å². The summed E-state index contributed by atoms with van der Waals surface area (Å²) in [4.78, 5) is 8.04. The van der Waals surface area contributed by atoms with Crippen molar-refractivity contribution in [2.24, 2.45) is 0 Å². The molecule has 0 spiro atoms. The van der Waals surface area contributed by atoms with Crippen molar-refractivity contribution in [2.75, 3.05) is 36.5 Å². The highest BCUT2D eigenvalue weighted by molar-refractivity contribution is 7.88. The van der Waals surface area contributed by atoms with E-state index in [4.69, 9.17) is 0 Å². The molecule has 0 amide bonds. The van der Waals surface area contributed by atoms with Gasteiger partial charge in [-0.3, -0.25) is 0 Å². The lowest BCUT2D eigenvalue weighted by atomic mass is 10.5. The number of hydrogen-bond acceptors (Lipinski definition) is 6. The van der Waals surface area contributed by atoms with E-state index in [9.17, 15) is 8.42 Å². The number of anilines is 2. The molecule has 0 atom stereocenters. The van der Waals surface area contributed by atoms with Crippen LogP contribution in [0.15, 0.2) is 12.4 Å². The van der Waals surface area contributed by atoms with Gasteiger partial charge in [0.2, 0.25) is 10.0 Å². The van der Waals surface area contributed by atoms with E-state index in [0.717, 1.165) is 18.6 Å². The molecule has 3 N–H and O–H groups in total. The third-order valence-electron chi connectivity index (χ3n) is 1.82. The van der Waals surface area contributed by atoms with Crippen molar-refractivity contribution in [2.45, 2.75) is 6.92 Å². The number of nitrogens with one attached hydrogen (secondary N) is 3. The maximum Gasteiger partial charge on any atom is 0.208 e. The third kappa shape index (κ3) is 6.03. The first kappa shape index (κ1) is 13.7. The Kier molecular flexibility index (Phi) is 5.11. The Balaban J connectivity index is 2.38. The summed E-state index contributed by atoms with van der Waals surface area (Å²) in [5, 5.41) is 6.06. The molecule has 96 valence electrons. The van der Waals surface area contributed by atoms with Crippen LogP contribution in [0.5, 0.6) is 0 Å². The fourth-order valence-corrected chi connectivity index (χ4v) is 1.63. The van der Waals surface area contributed by atoms with Crippen molar-refractivity contribution >= 4 is 21.7 Å². The van der Waals surface area contributed by atoms with Gasteiger partial charge in [0.15, 0.2) is 0 Å². The summed E-state index contributed by atoms with van der Waals surface area (Å²) in [6.45, 7) is 3.55. The Bertz CT molecular complexity index is 448. The molecule has 0 saturated heterocycles. The summed E-state index contributed by atoms with van der Waals surface area (Å²) >= 11 is 0. The zero-order valence-electron chi connectivity index (χ0n) is 9.90. The van der Waals surface area contributed by atoms with Gasteiger partial charge in [-0.2, -0.15) is 0 Å². The molecule has 0 aromatic carbocycles. The van der Waals surface area contributed by atoms with E-state index in [-0.39, 0.29) is 0 Å². The van der Waals surface area contributed by atoms with E-state index >= 15 is 0 Å². The van der Waals surface area contributed by atoms with E-state index in [0.29, 0.717) is 18.9 Å². The molecule has 1 aromatic rings. The molecular formula is C9H17N5O2S. The van der Waals surface area contributed by atoms with Crippen molar-refractivity contribution in [3.8, 4) is 0 Å². The van der Waals surface area contributed by atoms with Crippen molar-refractivity contribution in [3.05, 3.63) is 12.4 Å². The predicted molar refractivity (Wildman–Crippen MR) is 67.5 cm³/mol. The van der Waals surface area contributed by atoms with Crippen LogP contribution in [-0.4, -0.2) is 44.3 Å². The number of hydrogen-bond donors (Lipinski definition) is 3. The van der Waals surface area contributed by atoms with Crippen LogP contribution >= 0.6 is 0 Å². The van der Waals surface area contributed by atoms with Crippen molar-refractivity contribution in [3.63, 3.8) is 0 Å². The molecule has 1 aromatic heterocycles. The van der Waals surface area contributed by atoms with E-state index in [1.54, 1.807) is 6.07 Å². The molecule has 0 unspecified atom stereocenters. The lowest BCUT2D eigenvalue weighted by Gasteiger charge is -2.07. The van der Waals surface area contributed by atoms with Gasteiger partial charge in [0.25, 0.3) is 0 Å². The van der Waals surface area contributed by atoms with Gasteiger partial charge >= 0.3 is 0 Å². The lowest BCUT2D eigenvalue weighted by molar-refractivity contribution is 0.589.